The van der Waals surface area contributed by atoms with Gasteiger partial charge in [0.25, 0.3) is 0 Å². The van der Waals surface area contributed by atoms with Crippen LogP contribution in [0.15, 0.2) is 23.2 Å². The molecule has 2 radical (unpaired) electrons. The molecule has 1 heterocycles. The van der Waals surface area contributed by atoms with Gasteiger partial charge in [-0.15, -0.1) is 0 Å². The zero-order valence-electron chi connectivity index (χ0n) is 8.26. The minimum absolute atomic E-state index is 0.0463. The van der Waals surface area contributed by atoms with E-state index in [1.807, 2.05) is 18.2 Å². The molecule has 0 fully saturated rings. The highest BCUT2D eigenvalue weighted by Crippen LogP contribution is 2.39. The normalized spacial score (nSPS) is 18.3. The van der Waals surface area contributed by atoms with Crippen LogP contribution in [-0.2, 0) is 5.41 Å². The van der Waals surface area contributed by atoms with E-state index in [2.05, 4.69) is 25.8 Å². The van der Waals surface area contributed by atoms with Crippen LogP contribution >= 0.6 is 0 Å². The average molecular weight is 171 g/mol. The van der Waals surface area contributed by atoms with Crippen LogP contribution in [0, 0.1) is 6.92 Å². The quantitative estimate of drug-likeness (QED) is 0.568. The number of benzene rings is 1. The maximum atomic E-state index is 5.75. The standard InChI is InChI=1S/C12H13N/c1-8-5-6-11-10(7-8)12(3,4)9(2)13-11/h1,5-7H,2-4H3. The largest absolute Gasteiger partial charge is 0.257 e. The van der Waals surface area contributed by atoms with Crippen LogP contribution in [0.3, 0.4) is 0 Å². The summed E-state index contributed by atoms with van der Waals surface area (Å²) < 4.78 is 0. The van der Waals surface area contributed by atoms with Crippen molar-refractivity contribution in [2.45, 2.75) is 26.2 Å². The molecule has 1 nitrogen and oxygen atoms in total. The Balaban J connectivity index is 2.65. The molecule has 1 heteroatoms. The van der Waals surface area contributed by atoms with Gasteiger partial charge in [0, 0.05) is 11.1 Å². The average Bonchev–Trinajstić information content (AvgIpc) is 2.27. The maximum Gasteiger partial charge on any atom is 0.0670 e. The predicted octanol–water partition coefficient (Wildman–Crippen LogP) is 3.13. The Morgan fingerprint density at radius 3 is 2.69 bits per heavy atom. The summed E-state index contributed by atoms with van der Waals surface area (Å²) >= 11 is 0. The Morgan fingerprint density at radius 2 is 2.00 bits per heavy atom. The molecule has 13 heavy (non-hydrogen) atoms. The highest BCUT2D eigenvalue weighted by molar-refractivity contribution is 5.99. The van der Waals surface area contributed by atoms with Gasteiger partial charge in [0.1, 0.15) is 0 Å². The van der Waals surface area contributed by atoms with E-state index in [9.17, 15) is 0 Å². The molecule has 0 N–H and O–H groups in total. The van der Waals surface area contributed by atoms with Crippen molar-refractivity contribution in [1.29, 1.82) is 0 Å². The minimum Gasteiger partial charge on any atom is -0.257 e. The Kier molecular flexibility index (Phi) is 1.59. The van der Waals surface area contributed by atoms with Crippen LogP contribution in [0.5, 0.6) is 0 Å². The van der Waals surface area contributed by atoms with Gasteiger partial charge in [-0.1, -0.05) is 26.0 Å². The number of nitrogens with zero attached hydrogens (tertiary/aromatic N) is 1. The predicted molar refractivity (Wildman–Crippen MR) is 55.6 cm³/mol. The maximum absolute atomic E-state index is 5.75. The number of hydrogen-bond donors (Lipinski definition) is 0. The van der Waals surface area contributed by atoms with E-state index in [0.29, 0.717) is 0 Å². The zero-order valence-corrected chi connectivity index (χ0v) is 8.26. The fraction of sp³-hybridized carbons (Fsp3) is 0.333. The van der Waals surface area contributed by atoms with Crippen molar-refractivity contribution in [3.05, 3.63) is 36.2 Å². The van der Waals surface area contributed by atoms with Gasteiger partial charge in [-0.25, -0.2) is 0 Å². The van der Waals surface area contributed by atoms with Crippen molar-refractivity contribution < 1.29 is 0 Å². The minimum atomic E-state index is 0.0463. The van der Waals surface area contributed by atoms with Crippen molar-refractivity contribution in [2.24, 2.45) is 4.99 Å². The van der Waals surface area contributed by atoms with Gasteiger partial charge in [0.05, 0.1) is 5.69 Å². The Hall–Kier alpha value is -1.11. The summed E-state index contributed by atoms with van der Waals surface area (Å²) in [5.74, 6) is 0. The molecular weight excluding hydrogens is 158 g/mol. The van der Waals surface area contributed by atoms with Gasteiger partial charge in [-0.3, -0.25) is 4.99 Å². The second-order valence-electron chi connectivity index (χ2n) is 4.10. The molecule has 0 aromatic heterocycles. The van der Waals surface area contributed by atoms with Gasteiger partial charge < -0.3 is 0 Å². The summed E-state index contributed by atoms with van der Waals surface area (Å²) in [5, 5.41) is 0. The molecule has 1 aromatic carbocycles. The van der Waals surface area contributed by atoms with Crippen molar-refractivity contribution in [2.75, 3.05) is 0 Å². The third kappa shape index (κ3) is 1.11. The fourth-order valence-electron chi connectivity index (χ4n) is 1.67. The Morgan fingerprint density at radius 1 is 1.31 bits per heavy atom. The number of aliphatic imine (C=N–C) groups is 1. The Labute approximate surface area is 79.5 Å². The molecule has 2 rings (SSSR count). The summed E-state index contributed by atoms with van der Waals surface area (Å²) in [6, 6.07) is 5.91. The van der Waals surface area contributed by atoms with E-state index >= 15 is 0 Å². The summed E-state index contributed by atoms with van der Waals surface area (Å²) in [4.78, 5) is 4.51. The highest BCUT2D eigenvalue weighted by atomic mass is 14.8. The van der Waals surface area contributed by atoms with E-state index < -0.39 is 0 Å². The number of fused-ring (bicyclic) bond motifs is 1. The van der Waals surface area contributed by atoms with Gasteiger partial charge in [0.2, 0.25) is 0 Å². The van der Waals surface area contributed by atoms with Crippen LogP contribution < -0.4 is 0 Å². The van der Waals surface area contributed by atoms with E-state index in [1.165, 1.54) is 5.56 Å². The van der Waals surface area contributed by atoms with Gasteiger partial charge in [0.15, 0.2) is 0 Å². The monoisotopic (exact) mass is 171 g/mol. The van der Waals surface area contributed by atoms with Crippen molar-refractivity contribution in [3.63, 3.8) is 0 Å². The van der Waals surface area contributed by atoms with Gasteiger partial charge in [-0.05, 0) is 31.0 Å². The second-order valence-corrected chi connectivity index (χ2v) is 4.10. The molecular formula is C12H13N. The lowest BCUT2D eigenvalue weighted by atomic mass is 9.82. The second kappa shape index (κ2) is 2.44. The summed E-state index contributed by atoms with van der Waals surface area (Å²) in [6.07, 6.45) is 0. The topological polar surface area (TPSA) is 12.4 Å². The van der Waals surface area contributed by atoms with Gasteiger partial charge in [-0.2, -0.15) is 0 Å². The first-order valence-corrected chi connectivity index (χ1v) is 4.47. The third-order valence-electron chi connectivity index (χ3n) is 2.89. The van der Waals surface area contributed by atoms with E-state index in [1.54, 1.807) is 0 Å². The lowest BCUT2D eigenvalue weighted by Gasteiger charge is -2.19. The molecule has 1 aromatic rings. The molecule has 0 saturated carbocycles. The molecule has 0 saturated heterocycles. The van der Waals surface area contributed by atoms with E-state index in [4.69, 9.17) is 6.92 Å². The summed E-state index contributed by atoms with van der Waals surface area (Å²) in [6.45, 7) is 12.2. The molecule has 0 aliphatic carbocycles. The van der Waals surface area contributed by atoms with Crippen molar-refractivity contribution in [1.82, 2.24) is 0 Å². The van der Waals surface area contributed by atoms with Crippen LogP contribution in [0.2, 0.25) is 0 Å². The van der Waals surface area contributed by atoms with Gasteiger partial charge >= 0.3 is 0 Å². The lowest BCUT2D eigenvalue weighted by Crippen LogP contribution is -2.22. The third-order valence-corrected chi connectivity index (χ3v) is 2.89. The van der Waals surface area contributed by atoms with Crippen molar-refractivity contribution in [3.8, 4) is 0 Å². The smallest absolute Gasteiger partial charge is 0.0670 e. The number of hydrogen-bond acceptors (Lipinski definition) is 1. The van der Waals surface area contributed by atoms with Crippen LogP contribution in [0.25, 0.3) is 0 Å². The van der Waals surface area contributed by atoms with E-state index in [-0.39, 0.29) is 5.41 Å². The molecule has 1 aliphatic rings. The first-order chi connectivity index (χ1) is 6.01. The fourth-order valence-corrected chi connectivity index (χ4v) is 1.67. The van der Waals surface area contributed by atoms with Crippen LogP contribution in [0.4, 0.5) is 5.69 Å². The van der Waals surface area contributed by atoms with Crippen LogP contribution in [0.1, 0.15) is 31.9 Å². The molecule has 66 valence electrons. The highest BCUT2D eigenvalue weighted by Gasteiger charge is 2.31. The first kappa shape index (κ1) is 8.49. The lowest BCUT2D eigenvalue weighted by molar-refractivity contribution is 0.733. The molecule has 0 unspecified atom stereocenters. The molecule has 0 atom stereocenters. The van der Waals surface area contributed by atoms with Crippen LogP contribution in [-0.4, -0.2) is 5.71 Å². The molecule has 0 spiro atoms. The molecule has 0 bridgehead atoms. The summed E-state index contributed by atoms with van der Waals surface area (Å²) in [5.41, 5.74) is 4.33. The first-order valence-electron chi connectivity index (χ1n) is 4.47. The summed E-state index contributed by atoms with van der Waals surface area (Å²) in [7, 11) is 0. The molecule has 1 aliphatic heterocycles. The SMILES string of the molecule is [CH]c1ccc2c(c1)C(C)(C)C(C)=N2. The Bertz CT molecular complexity index is 386. The number of rotatable bonds is 0. The zero-order chi connectivity index (χ0) is 9.64. The van der Waals surface area contributed by atoms with E-state index in [0.717, 1.165) is 17.0 Å². The van der Waals surface area contributed by atoms with Crippen molar-refractivity contribution >= 4 is 11.4 Å². The molecule has 0 amide bonds.